The predicted octanol–water partition coefficient (Wildman–Crippen LogP) is 1.53. The van der Waals surface area contributed by atoms with Crippen molar-refractivity contribution in [2.24, 2.45) is 11.7 Å². The standard InChI is InChI=1S/C15H21N5/c1-11-9-17-20(18-11)14-5-3-4-13(7-14)15-6-12(8-16)10-19(15)2/h3-5,7,9,12,15H,6,8,10,16H2,1-2H3. The summed E-state index contributed by atoms with van der Waals surface area (Å²) in [5.74, 6) is 0.596. The number of nitrogens with two attached hydrogens (primary N) is 1. The number of rotatable bonds is 3. The quantitative estimate of drug-likeness (QED) is 0.919. The molecule has 0 amide bonds. The van der Waals surface area contributed by atoms with Crippen molar-refractivity contribution in [3.8, 4) is 5.69 Å². The van der Waals surface area contributed by atoms with Crippen LogP contribution < -0.4 is 5.73 Å². The average Bonchev–Trinajstić information content (AvgIpc) is 3.05. The highest BCUT2D eigenvalue weighted by Crippen LogP contribution is 2.34. The van der Waals surface area contributed by atoms with Gasteiger partial charge in [-0.3, -0.25) is 4.90 Å². The lowest BCUT2D eigenvalue weighted by atomic mass is 9.99. The van der Waals surface area contributed by atoms with Gasteiger partial charge in [0, 0.05) is 12.6 Å². The molecule has 1 aromatic heterocycles. The largest absolute Gasteiger partial charge is 0.330 e. The maximum Gasteiger partial charge on any atom is 0.0860 e. The first-order valence-corrected chi connectivity index (χ1v) is 7.07. The predicted molar refractivity (Wildman–Crippen MR) is 78.6 cm³/mol. The lowest BCUT2D eigenvalue weighted by Crippen LogP contribution is -2.20. The van der Waals surface area contributed by atoms with E-state index < -0.39 is 0 Å². The van der Waals surface area contributed by atoms with Crippen LogP contribution in [-0.4, -0.2) is 40.0 Å². The minimum absolute atomic E-state index is 0.445. The van der Waals surface area contributed by atoms with Gasteiger partial charge < -0.3 is 5.73 Å². The SMILES string of the molecule is Cc1cnn(-c2cccc(C3CC(CN)CN3C)c2)n1. The van der Waals surface area contributed by atoms with Crippen LogP contribution in [0.1, 0.15) is 23.7 Å². The van der Waals surface area contributed by atoms with E-state index in [4.69, 9.17) is 5.73 Å². The summed E-state index contributed by atoms with van der Waals surface area (Å²) in [4.78, 5) is 4.08. The fourth-order valence-corrected chi connectivity index (χ4v) is 2.99. The Morgan fingerprint density at radius 1 is 1.40 bits per heavy atom. The zero-order valence-corrected chi connectivity index (χ0v) is 12.0. The molecule has 1 aliphatic heterocycles. The first-order valence-electron chi connectivity index (χ1n) is 7.07. The molecule has 2 aromatic rings. The third-order valence-corrected chi connectivity index (χ3v) is 4.06. The second kappa shape index (κ2) is 5.34. The number of hydrogen-bond donors (Lipinski definition) is 1. The van der Waals surface area contributed by atoms with Crippen LogP contribution in [-0.2, 0) is 0 Å². The Bertz CT molecular complexity index is 591. The molecular weight excluding hydrogens is 250 g/mol. The number of nitrogens with zero attached hydrogens (tertiary/aromatic N) is 4. The number of aryl methyl sites for hydroxylation is 1. The molecule has 106 valence electrons. The third kappa shape index (κ3) is 2.46. The molecule has 20 heavy (non-hydrogen) atoms. The van der Waals surface area contributed by atoms with E-state index in [0.717, 1.165) is 30.9 Å². The molecule has 1 fully saturated rings. The molecule has 5 nitrogen and oxygen atoms in total. The van der Waals surface area contributed by atoms with Crippen molar-refractivity contribution in [2.75, 3.05) is 20.1 Å². The molecular formula is C15H21N5. The lowest BCUT2D eigenvalue weighted by molar-refractivity contribution is 0.313. The fourth-order valence-electron chi connectivity index (χ4n) is 2.99. The number of hydrogen-bond acceptors (Lipinski definition) is 4. The van der Waals surface area contributed by atoms with Crippen molar-refractivity contribution in [3.05, 3.63) is 41.7 Å². The zero-order chi connectivity index (χ0) is 14.1. The van der Waals surface area contributed by atoms with Crippen molar-refractivity contribution in [1.29, 1.82) is 0 Å². The van der Waals surface area contributed by atoms with E-state index in [1.165, 1.54) is 5.56 Å². The van der Waals surface area contributed by atoms with Gasteiger partial charge in [0.05, 0.1) is 17.6 Å². The van der Waals surface area contributed by atoms with E-state index in [1.54, 1.807) is 11.0 Å². The molecule has 2 unspecified atom stereocenters. The Morgan fingerprint density at radius 2 is 2.25 bits per heavy atom. The van der Waals surface area contributed by atoms with E-state index in [-0.39, 0.29) is 0 Å². The fraction of sp³-hybridized carbons (Fsp3) is 0.467. The maximum absolute atomic E-state index is 5.81. The molecule has 0 aliphatic carbocycles. The van der Waals surface area contributed by atoms with Crippen LogP contribution >= 0.6 is 0 Å². The highest BCUT2D eigenvalue weighted by Gasteiger charge is 2.29. The average molecular weight is 271 g/mol. The van der Waals surface area contributed by atoms with Gasteiger partial charge in [-0.15, -0.1) is 0 Å². The van der Waals surface area contributed by atoms with Gasteiger partial charge >= 0.3 is 0 Å². The summed E-state index contributed by atoms with van der Waals surface area (Å²) in [6, 6.07) is 8.92. The first-order chi connectivity index (χ1) is 9.67. The second-order valence-corrected chi connectivity index (χ2v) is 5.66. The van der Waals surface area contributed by atoms with Crippen LogP contribution in [0, 0.1) is 12.8 Å². The summed E-state index contributed by atoms with van der Waals surface area (Å²) >= 11 is 0. The van der Waals surface area contributed by atoms with Crippen LogP contribution in [0.3, 0.4) is 0 Å². The molecule has 1 aromatic carbocycles. The Hall–Kier alpha value is -1.72. The monoisotopic (exact) mass is 271 g/mol. The lowest BCUT2D eigenvalue weighted by Gasteiger charge is -2.20. The van der Waals surface area contributed by atoms with Gasteiger partial charge in [-0.2, -0.15) is 15.0 Å². The van der Waals surface area contributed by atoms with Crippen LogP contribution in [0.4, 0.5) is 0 Å². The molecule has 5 heteroatoms. The van der Waals surface area contributed by atoms with E-state index in [0.29, 0.717) is 12.0 Å². The van der Waals surface area contributed by atoms with E-state index in [9.17, 15) is 0 Å². The van der Waals surface area contributed by atoms with E-state index in [1.807, 2.05) is 13.0 Å². The van der Waals surface area contributed by atoms with Gasteiger partial charge in [-0.05, 0) is 50.6 Å². The van der Waals surface area contributed by atoms with Gasteiger partial charge in [0.15, 0.2) is 0 Å². The van der Waals surface area contributed by atoms with Gasteiger partial charge in [-0.25, -0.2) is 0 Å². The molecule has 0 saturated carbocycles. The zero-order valence-electron chi connectivity index (χ0n) is 12.0. The summed E-state index contributed by atoms with van der Waals surface area (Å²) in [5, 5.41) is 8.65. The summed E-state index contributed by atoms with van der Waals surface area (Å²) in [6.07, 6.45) is 2.90. The molecule has 0 spiro atoms. The van der Waals surface area contributed by atoms with Crippen LogP contribution in [0.25, 0.3) is 5.69 Å². The highest BCUT2D eigenvalue weighted by molar-refractivity contribution is 5.36. The summed E-state index contributed by atoms with van der Waals surface area (Å²) in [5.41, 5.74) is 9.07. The number of benzene rings is 1. The Morgan fingerprint density at radius 3 is 2.90 bits per heavy atom. The van der Waals surface area contributed by atoms with Crippen LogP contribution in [0.5, 0.6) is 0 Å². The van der Waals surface area contributed by atoms with Gasteiger partial charge in [0.25, 0.3) is 0 Å². The van der Waals surface area contributed by atoms with E-state index in [2.05, 4.69) is 40.3 Å². The summed E-state index contributed by atoms with van der Waals surface area (Å²) in [7, 11) is 2.17. The number of aromatic nitrogens is 3. The molecule has 2 atom stereocenters. The molecule has 2 heterocycles. The summed E-state index contributed by atoms with van der Waals surface area (Å²) in [6.45, 7) is 3.79. The van der Waals surface area contributed by atoms with Crippen molar-refractivity contribution in [2.45, 2.75) is 19.4 Å². The molecule has 1 saturated heterocycles. The molecule has 2 N–H and O–H groups in total. The topological polar surface area (TPSA) is 60.0 Å². The number of likely N-dealkylation sites (tertiary alicyclic amines) is 1. The molecule has 3 rings (SSSR count). The first kappa shape index (κ1) is 13.3. The van der Waals surface area contributed by atoms with Gasteiger partial charge in [0.1, 0.15) is 0 Å². The molecule has 1 aliphatic rings. The van der Waals surface area contributed by atoms with E-state index >= 15 is 0 Å². The maximum atomic E-state index is 5.81. The van der Waals surface area contributed by atoms with Crippen molar-refractivity contribution >= 4 is 0 Å². The Balaban J connectivity index is 1.88. The smallest absolute Gasteiger partial charge is 0.0860 e. The Kier molecular flexibility index (Phi) is 3.54. The van der Waals surface area contributed by atoms with Crippen molar-refractivity contribution < 1.29 is 0 Å². The minimum Gasteiger partial charge on any atom is -0.330 e. The summed E-state index contributed by atoms with van der Waals surface area (Å²) < 4.78 is 0. The Labute approximate surface area is 119 Å². The van der Waals surface area contributed by atoms with Crippen LogP contribution in [0.2, 0.25) is 0 Å². The normalized spacial score (nSPS) is 23.4. The third-order valence-electron chi connectivity index (χ3n) is 4.06. The molecule has 0 bridgehead atoms. The molecule has 0 radical (unpaired) electrons. The minimum atomic E-state index is 0.445. The van der Waals surface area contributed by atoms with Gasteiger partial charge in [0.2, 0.25) is 0 Å². The van der Waals surface area contributed by atoms with Gasteiger partial charge in [-0.1, -0.05) is 12.1 Å². The highest BCUT2D eigenvalue weighted by atomic mass is 15.5. The van der Waals surface area contributed by atoms with Crippen molar-refractivity contribution in [3.63, 3.8) is 0 Å². The van der Waals surface area contributed by atoms with Crippen molar-refractivity contribution in [1.82, 2.24) is 19.9 Å². The van der Waals surface area contributed by atoms with Crippen LogP contribution in [0.15, 0.2) is 30.5 Å². The second-order valence-electron chi connectivity index (χ2n) is 5.66.